The molecule has 1 aromatic rings. The van der Waals surface area contributed by atoms with Gasteiger partial charge in [-0.25, -0.2) is 19.6 Å². The van der Waals surface area contributed by atoms with Crippen LogP contribution in [0.2, 0.25) is 0 Å². The van der Waals surface area contributed by atoms with Crippen LogP contribution in [-0.4, -0.2) is 64.1 Å². The van der Waals surface area contributed by atoms with Crippen molar-refractivity contribution in [3.8, 4) is 0 Å². The van der Waals surface area contributed by atoms with Crippen molar-refractivity contribution in [1.82, 2.24) is 24.8 Å². The van der Waals surface area contributed by atoms with E-state index in [0.717, 1.165) is 63.3 Å². The van der Waals surface area contributed by atoms with Crippen LogP contribution in [0.5, 0.6) is 0 Å². The van der Waals surface area contributed by atoms with Crippen LogP contribution in [0.25, 0.3) is 0 Å². The highest BCUT2D eigenvalue weighted by Crippen LogP contribution is 2.27. The summed E-state index contributed by atoms with van der Waals surface area (Å²) in [5.41, 5.74) is 9.15. The van der Waals surface area contributed by atoms with Crippen molar-refractivity contribution in [2.75, 3.05) is 26.7 Å². The van der Waals surface area contributed by atoms with Gasteiger partial charge in [-0.1, -0.05) is 6.58 Å². The van der Waals surface area contributed by atoms with Crippen LogP contribution in [0.15, 0.2) is 41.1 Å². The lowest BCUT2D eigenvalue weighted by Crippen LogP contribution is -2.53. The molecule has 0 bridgehead atoms. The Morgan fingerprint density at radius 1 is 1.36 bits per heavy atom. The number of nitrogens with one attached hydrogen (secondary N) is 1. The van der Waals surface area contributed by atoms with Crippen LogP contribution in [0, 0.1) is 5.92 Å². The molecular weight excluding hydrogens is 464 g/mol. The molecule has 3 rings (SSSR count). The molecular formula is C25H41F2N9. The standard InChI is InChI=1S/C25H41F2N9/c1-15(2)36-22-14-35(11-9-21(22)32-24(36)25(33-29)34(5)30)10-8-18-12-20(28)23(31-13-18)17(4)19(27)7-6-16(3)26/h6-7,15,18,20,23,31H,3,8-14,28-30H2,1-2,4-5H3/b7-6-,19-17-,33-25-/t18-,20+,23-/m1/s1. The van der Waals surface area contributed by atoms with Crippen molar-refractivity contribution >= 4 is 5.84 Å². The lowest BCUT2D eigenvalue weighted by atomic mass is 9.85. The first-order valence-electron chi connectivity index (χ1n) is 12.5. The van der Waals surface area contributed by atoms with Crippen LogP contribution < -0.4 is 22.7 Å². The van der Waals surface area contributed by atoms with Crippen LogP contribution in [0.4, 0.5) is 8.78 Å². The van der Waals surface area contributed by atoms with E-state index < -0.39 is 11.7 Å². The fourth-order valence-corrected chi connectivity index (χ4v) is 5.20. The number of piperidine rings is 1. The van der Waals surface area contributed by atoms with E-state index in [-0.39, 0.29) is 18.1 Å². The minimum absolute atomic E-state index is 0.180. The molecule has 11 heteroatoms. The second-order valence-corrected chi connectivity index (χ2v) is 10.1. The second-order valence-electron chi connectivity index (χ2n) is 10.1. The third-order valence-corrected chi connectivity index (χ3v) is 7.07. The number of nitrogens with two attached hydrogens (primary N) is 3. The lowest BCUT2D eigenvalue weighted by molar-refractivity contribution is 0.202. The quantitative estimate of drug-likeness (QED) is 0.140. The van der Waals surface area contributed by atoms with Gasteiger partial charge in [-0.05, 0) is 70.3 Å². The number of rotatable bonds is 8. The Labute approximate surface area is 212 Å². The van der Waals surface area contributed by atoms with Gasteiger partial charge < -0.3 is 21.5 Å². The number of hydrogen-bond donors (Lipinski definition) is 4. The van der Waals surface area contributed by atoms with E-state index >= 15 is 0 Å². The van der Waals surface area contributed by atoms with Crippen molar-refractivity contribution in [1.29, 1.82) is 0 Å². The summed E-state index contributed by atoms with van der Waals surface area (Å²) in [6.07, 6.45) is 4.75. The molecule has 0 unspecified atom stereocenters. The van der Waals surface area contributed by atoms with E-state index in [4.69, 9.17) is 22.4 Å². The van der Waals surface area contributed by atoms with Gasteiger partial charge in [0.15, 0.2) is 5.82 Å². The summed E-state index contributed by atoms with van der Waals surface area (Å²) in [6.45, 7) is 12.4. The van der Waals surface area contributed by atoms with Crippen molar-refractivity contribution in [2.45, 2.75) is 64.7 Å². The summed E-state index contributed by atoms with van der Waals surface area (Å²) < 4.78 is 29.4. The topological polar surface area (TPSA) is 127 Å². The van der Waals surface area contributed by atoms with Gasteiger partial charge >= 0.3 is 0 Å². The largest absolute Gasteiger partial charge is 0.326 e. The highest BCUT2D eigenvalue weighted by molar-refractivity contribution is 5.95. The Hall–Kier alpha value is -2.60. The molecule has 0 aromatic carbocycles. The van der Waals surface area contributed by atoms with E-state index in [1.54, 1.807) is 14.0 Å². The number of imidazole rings is 1. The number of hydrazone groups is 1. The van der Waals surface area contributed by atoms with Gasteiger partial charge in [-0.3, -0.25) is 9.91 Å². The average molecular weight is 506 g/mol. The highest BCUT2D eigenvalue weighted by Gasteiger charge is 2.31. The van der Waals surface area contributed by atoms with Crippen LogP contribution >= 0.6 is 0 Å². The van der Waals surface area contributed by atoms with Gasteiger partial charge in [0.2, 0.25) is 5.84 Å². The fourth-order valence-electron chi connectivity index (χ4n) is 5.20. The molecule has 3 heterocycles. The van der Waals surface area contributed by atoms with Gasteiger partial charge in [0.05, 0.1) is 11.4 Å². The monoisotopic (exact) mass is 505 g/mol. The number of nitrogens with zero attached hydrogens (tertiary/aromatic N) is 5. The molecule has 1 fully saturated rings. The predicted molar refractivity (Wildman–Crippen MR) is 140 cm³/mol. The Kier molecular flexibility index (Phi) is 9.40. The molecule has 36 heavy (non-hydrogen) atoms. The molecule has 200 valence electrons. The van der Waals surface area contributed by atoms with Crippen molar-refractivity contribution in [3.05, 3.63) is 53.2 Å². The molecule has 2 aliphatic heterocycles. The fraction of sp³-hybridized carbons (Fsp3) is 0.600. The summed E-state index contributed by atoms with van der Waals surface area (Å²) in [5, 5.41) is 8.66. The minimum Gasteiger partial charge on any atom is -0.326 e. The molecule has 2 aliphatic rings. The number of hydrazine groups is 1. The van der Waals surface area contributed by atoms with Crippen LogP contribution in [0.1, 0.15) is 56.9 Å². The molecule has 1 aromatic heterocycles. The molecule has 0 radical (unpaired) electrons. The third kappa shape index (κ3) is 6.39. The van der Waals surface area contributed by atoms with E-state index in [0.29, 0.717) is 23.2 Å². The van der Waals surface area contributed by atoms with Gasteiger partial charge in [0, 0.05) is 44.7 Å². The van der Waals surface area contributed by atoms with E-state index in [9.17, 15) is 8.78 Å². The van der Waals surface area contributed by atoms with Gasteiger partial charge in [0.25, 0.3) is 0 Å². The molecule has 0 aliphatic carbocycles. The Balaban J connectivity index is 1.62. The molecule has 9 nitrogen and oxygen atoms in total. The maximum Gasteiger partial charge on any atom is 0.205 e. The SMILES string of the molecule is C=C(F)/C=C\C(F)=C(/C)[C@H]1NC[C@H](CCN2CCc3nc(/C(=N/N)N(C)N)n(C(C)C)c3C2)C[C@@H]1N. The Morgan fingerprint density at radius 2 is 2.08 bits per heavy atom. The van der Waals surface area contributed by atoms with Crippen molar-refractivity contribution in [2.24, 2.45) is 28.4 Å². The minimum atomic E-state index is -0.684. The van der Waals surface area contributed by atoms with Gasteiger partial charge in [0.1, 0.15) is 11.7 Å². The summed E-state index contributed by atoms with van der Waals surface area (Å²) in [6, 6.07) is -0.300. The zero-order chi connectivity index (χ0) is 26.6. The van der Waals surface area contributed by atoms with Crippen molar-refractivity contribution in [3.63, 3.8) is 0 Å². The molecule has 0 saturated carbocycles. The molecule has 0 spiro atoms. The maximum atomic E-state index is 14.4. The molecule has 1 saturated heterocycles. The average Bonchev–Trinajstić information content (AvgIpc) is 3.19. The Morgan fingerprint density at radius 3 is 2.67 bits per heavy atom. The predicted octanol–water partition coefficient (Wildman–Crippen LogP) is 2.23. The molecule has 3 atom stereocenters. The zero-order valence-electron chi connectivity index (χ0n) is 21.8. The number of amidine groups is 1. The third-order valence-electron chi connectivity index (χ3n) is 7.07. The highest BCUT2D eigenvalue weighted by atomic mass is 19.1. The van der Waals surface area contributed by atoms with E-state index in [2.05, 4.69) is 40.3 Å². The number of aromatic nitrogens is 2. The smallest absolute Gasteiger partial charge is 0.205 e. The first kappa shape index (κ1) is 28.0. The summed E-state index contributed by atoms with van der Waals surface area (Å²) in [5.74, 6) is 11.9. The number of hydrogen-bond acceptors (Lipinski definition) is 7. The number of allylic oxidation sites excluding steroid dienone is 4. The van der Waals surface area contributed by atoms with Gasteiger partial charge in [-0.15, -0.1) is 0 Å². The zero-order valence-corrected chi connectivity index (χ0v) is 21.8. The summed E-state index contributed by atoms with van der Waals surface area (Å²) >= 11 is 0. The molecule has 7 N–H and O–H groups in total. The van der Waals surface area contributed by atoms with Crippen molar-refractivity contribution < 1.29 is 8.78 Å². The number of halogens is 2. The van der Waals surface area contributed by atoms with Gasteiger partial charge in [-0.2, -0.15) is 5.10 Å². The number of fused-ring (bicyclic) bond motifs is 1. The van der Waals surface area contributed by atoms with Crippen LogP contribution in [0.3, 0.4) is 0 Å². The van der Waals surface area contributed by atoms with Crippen LogP contribution in [-0.2, 0) is 13.0 Å². The summed E-state index contributed by atoms with van der Waals surface area (Å²) in [7, 11) is 1.70. The normalized spacial score (nSPS) is 24.2. The lowest BCUT2D eigenvalue weighted by Gasteiger charge is -2.37. The summed E-state index contributed by atoms with van der Waals surface area (Å²) in [4.78, 5) is 7.27. The maximum absolute atomic E-state index is 14.4. The van der Waals surface area contributed by atoms with E-state index in [1.165, 1.54) is 10.7 Å². The van der Waals surface area contributed by atoms with E-state index in [1.807, 2.05) is 0 Å². The first-order chi connectivity index (χ1) is 17.0. The first-order valence-corrected chi connectivity index (χ1v) is 12.5. The molecule has 0 amide bonds. The Bertz CT molecular complexity index is 1020. The second kappa shape index (κ2) is 12.1.